The lowest BCUT2D eigenvalue weighted by molar-refractivity contribution is 0.143. The Labute approximate surface area is 79.9 Å². The topological polar surface area (TPSA) is 35.6 Å². The van der Waals surface area contributed by atoms with E-state index in [4.69, 9.17) is 0 Å². The molecule has 0 saturated carbocycles. The highest BCUT2D eigenvalue weighted by atomic mass is 16.2. The Morgan fingerprint density at radius 1 is 1.23 bits per heavy atom. The van der Waals surface area contributed by atoms with Crippen LogP contribution in [0.25, 0.3) is 0 Å². The largest absolute Gasteiger partial charge is 0.338 e. The molecule has 0 aromatic heterocycles. The van der Waals surface area contributed by atoms with Crippen LogP contribution in [0.5, 0.6) is 0 Å². The summed E-state index contributed by atoms with van der Waals surface area (Å²) in [4.78, 5) is 15.6. The molecule has 2 amide bonds. The van der Waals surface area contributed by atoms with Crippen molar-refractivity contribution in [1.29, 1.82) is 0 Å². The second-order valence-electron chi connectivity index (χ2n) is 3.26. The first-order chi connectivity index (χ1) is 6.27. The number of nitrogens with one attached hydrogen (secondary N) is 1. The van der Waals surface area contributed by atoms with Crippen LogP contribution < -0.4 is 5.32 Å². The van der Waals surface area contributed by atoms with E-state index in [9.17, 15) is 4.79 Å². The molecule has 1 heterocycles. The van der Waals surface area contributed by atoms with Gasteiger partial charge in [-0.25, -0.2) is 4.79 Å². The van der Waals surface area contributed by atoms with Gasteiger partial charge in [0.15, 0.2) is 0 Å². The summed E-state index contributed by atoms with van der Waals surface area (Å²) in [6.07, 6.45) is 0. The van der Waals surface area contributed by atoms with E-state index < -0.39 is 0 Å². The van der Waals surface area contributed by atoms with Gasteiger partial charge in [-0.3, -0.25) is 0 Å². The molecule has 1 saturated heterocycles. The fourth-order valence-electron chi connectivity index (χ4n) is 1.53. The van der Waals surface area contributed by atoms with Gasteiger partial charge in [-0.1, -0.05) is 6.92 Å². The SMILES string of the molecule is CCNC(=O)N1CCN(CC)CC1. The lowest BCUT2D eigenvalue weighted by Crippen LogP contribution is -2.51. The molecule has 0 aromatic rings. The summed E-state index contributed by atoms with van der Waals surface area (Å²) in [7, 11) is 0. The summed E-state index contributed by atoms with van der Waals surface area (Å²) in [6, 6.07) is 0.0817. The number of hydrogen-bond acceptors (Lipinski definition) is 2. The number of nitrogens with zero attached hydrogens (tertiary/aromatic N) is 2. The highest BCUT2D eigenvalue weighted by Crippen LogP contribution is 2.00. The first-order valence-electron chi connectivity index (χ1n) is 5.03. The first kappa shape index (κ1) is 10.3. The molecule has 4 heteroatoms. The Hall–Kier alpha value is -0.770. The maximum absolute atomic E-state index is 11.4. The van der Waals surface area contributed by atoms with E-state index >= 15 is 0 Å². The third kappa shape index (κ3) is 2.88. The normalized spacial score (nSPS) is 18.8. The van der Waals surface area contributed by atoms with Gasteiger partial charge in [-0.15, -0.1) is 0 Å². The molecule has 0 radical (unpaired) electrons. The van der Waals surface area contributed by atoms with Gasteiger partial charge in [0.2, 0.25) is 0 Å². The minimum absolute atomic E-state index is 0.0817. The molecule has 1 rings (SSSR count). The number of piperazine rings is 1. The summed E-state index contributed by atoms with van der Waals surface area (Å²) in [5.74, 6) is 0. The molecule has 1 N–H and O–H groups in total. The zero-order valence-corrected chi connectivity index (χ0v) is 8.55. The van der Waals surface area contributed by atoms with Crippen molar-refractivity contribution in [3.05, 3.63) is 0 Å². The van der Waals surface area contributed by atoms with Gasteiger partial charge in [-0.2, -0.15) is 0 Å². The standard InChI is InChI=1S/C9H19N3O/c1-3-10-9(13)12-7-5-11(4-2)6-8-12/h3-8H2,1-2H3,(H,10,13). The van der Waals surface area contributed by atoms with Gasteiger partial charge in [0.05, 0.1) is 0 Å². The van der Waals surface area contributed by atoms with Crippen molar-refractivity contribution in [3.8, 4) is 0 Å². The number of urea groups is 1. The third-order valence-corrected chi connectivity index (χ3v) is 2.43. The van der Waals surface area contributed by atoms with Crippen molar-refractivity contribution >= 4 is 6.03 Å². The van der Waals surface area contributed by atoms with Crippen LogP contribution in [0.2, 0.25) is 0 Å². The minimum atomic E-state index is 0.0817. The number of likely N-dealkylation sites (N-methyl/N-ethyl adjacent to an activating group) is 1. The molecule has 0 aliphatic carbocycles. The van der Waals surface area contributed by atoms with E-state index in [1.54, 1.807) is 0 Å². The summed E-state index contributed by atoms with van der Waals surface area (Å²) in [6.45, 7) is 9.64. The second-order valence-corrected chi connectivity index (χ2v) is 3.26. The Kier molecular flexibility index (Phi) is 4.02. The van der Waals surface area contributed by atoms with E-state index in [1.165, 1.54) is 0 Å². The Morgan fingerprint density at radius 2 is 1.85 bits per heavy atom. The summed E-state index contributed by atoms with van der Waals surface area (Å²) < 4.78 is 0. The van der Waals surface area contributed by atoms with Crippen LogP contribution in [-0.4, -0.2) is 55.1 Å². The van der Waals surface area contributed by atoms with Gasteiger partial charge < -0.3 is 15.1 Å². The van der Waals surface area contributed by atoms with Crippen LogP contribution in [0.1, 0.15) is 13.8 Å². The maximum Gasteiger partial charge on any atom is 0.317 e. The first-order valence-corrected chi connectivity index (χ1v) is 5.03. The Morgan fingerprint density at radius 3 is 2.31 bits per heavy atom. The Balaban J connectivity index is 2.28. The number of rotatable bonds is 2. The van der Waals surface area contributed by atoms with Gasteiger partial charge in [0, 0.05) is 32.7 Å². The van der Waals surface area contributed by atoms with E-state index in [1.807, 2.05) is 11.8 Å². The fraction of sp³-hybridized carbons (Fsp3) is 0.889. The van der Waals surface area contributed by atoms with Crippen LogP contribution in [0.4, 0.5) is 4.79 Å². The third-order valence-electron chi connectivity index (χ3n) is 2.43. The number of carbonyl (C=O) groups is 1. The molecule has 1 fully saturated rings. The molecule has 0 atom stereocenters. The lowest BCUT2D eigenvalue weighted by atomic mass is 10.3. The molecule has 0 unspecified atom stereocenters. The molecule has 76 valence electrons. The number of amides is 2. The summed E-state index contributed by atoms with van der Waals surface area (Å²) in [5, 5.41) is 2.82. The molecule has 0 spiro atoms. The molecule has 4 nitrogen and oxygen atoms in total. The predicted molar refractivity (Wildman–Crippen MR) is 52.8 cm³/mol. The van der Waals surface area contributed by atoms with Gasteiger partial charge in [0.1, 0.15) is 0 Å². The molecular weight excluding hydrogens is 166 g/mol. The average molecular weight is 185 g/mol. The van der Waals surface area contributed by atoms with E-state index in [-0.39, 0.29) is 6.03 Å². The molecule has 1 aliphatic rings. The monoisotopic (exact) mass is 185 g/mol. The van der Waals surface area contributed by atoms with Crippen molar-refractivity contribution < 1.29 is 4.79 Å². The van der Waals surface area contributed by atoms with Crippen LogP contribution in [0.3, 0.4) is 0 Å². The van der Waals surface area contributed by atoms with E-state index in [2.05, 4.69) is 17.1 Å². The van der Waals surface area contributed by atoms with Gasteiger partial charge in [0.25, 0.3) is 0 Å². The lowest BCUT2D eigenvalue weighted by Gasteiger charge is -2.33. The fourth-order valence-corrected chi connectivity index (χ4v) is 1.53. The van der Waals surface area contributed by atoms with Crippen LogP contribution in [0.15, 0.2) is 0 Å². The molecule has 13 heavy (non-hydrogen) atoms. The molecule has 0 aromatic carbocycles. The van der Waals surface area contributed by atoms with Crippen molar-refractivity contribution in [2.75, 3.05) is 39.3 Å². The van der Waals surface area contributed by atoms with Gasteiger partial charge in [-0.05, 0) is 13.5 Å². The van der Waals surface area contributed by atoms with E-state index in [0.717, 1.165) is 32.7 Å². The predicted octanol–water partition coefficient (Wildman–Crippen LogP) is 0.353. The number of hydrogen-bond donors (Lipinski definition) is 1. The summed E-state index contributed by atoms with van der Waals surface area (Å²) in [5.41, 5.74) is 0. The maximum atomic E-state index is 11.4. The smallest absolute Gasteiger partial charge is 0.317 e. The second kappa shape index (κ2) is 5.07. The highest BCUT2D eigenvalue weighted by molar-refractivity contribution is 5.74. The van der Waals surface area contributed by atoms with Crippen LogP contribution >= 0.6 is 0 Å². The summed E-state index contributed by atoms with van der Waals surface area (Å²) >= 11 is 0. The van der Waals surface area contributed by atoms with Crippen molar-refractivity contribution in [2.45, 2.75) is 13.8 Å². The highest BCUT2D eigenvalue weighted by Gasteiger charge is 2.18. The zero-order chi connectivity index (χ0) is 9.68. The average Bonchev–Trinajstić information content (AvgIpc) is 2.18. The minimum Gasteiger partial charge on any atom is -0.338 e. The molecule has 0 bridgehead atoms. The quantitative estimate of drug-likeness (QED) is 0.674. The van der Waals surface area contributed by atoms with Gasteiger partial charge >= 0.3 is 6.03 Å². The van der Waals surface area contributed by atoms with Crippen LogP contribution in [-0.2, 0) is 0 Å². The van der Waals surface area contributed by atoms with Crippen molar-refractivity contribution in [2.24, 2.45) is 0 Å². The zero-order valence-electron chi connectivity index (χ0n) is 8.55. The van der Waals surface area contributed by atoms with Crippen LogP contribution in [0, 0.1) is 0 Å². The van der Waals surface area contributed by atoms with E-state index in [0.29, 0.717) is 6.54 Å². The van der Waals surface area contributed by atoms with Crippen molar-refractivity contribution in [3.63, 3.8) is 0 Å². The Bertz CT molecular complexity index is 164. The molecular formula is C9H19N3O. The van der Waals surface area contributed by atoms with Crippen molar-refractivity contribution in [1.82, 2.24) is 15.1 Å². The number of carbonyl (C=O) groups excluding carboxylic acids is 1. The molecule has 1 aliphatic heterocycles.